The van der Waals surface area contributed by atoms with Crippen molar-refractivity contribution in [2.24, 2.45) is 0 Å². The summed E-state index contributed by atoms with van der Waals surface area (Å²) in [6, 6.07) is 5.07. The minimum Gasteiger partial charge on any atom is -0.480 e. The van der Waals surface area contributed by atoms with Crippen LogP contribution in [-0.2, 0) is 11.4 Å². The van der Waals surface area contributed by atoms with Crippen molar-refractivity contribution in [3.8, 4) is 5.75 Å². The van der Waals surface area contributed by atoms with Gasteiger partial charge in [0.2, 0.25) is 0 Å². The minimum absolute atomic E-state index is 0.104. The van der Waals surface area contributed by atoms with Gasteiger partial charge in [-0.25, -0.2) is 4.79 Å². The van der Waals surface area contributed by atoms with Gasteiger partial charge < -0.3 is 20.3 Å². The van der Waals surface area contributed by atoms with Gasteiger partial charge in [0, 0.05) is 7.05 Å². The molecule has 0 amide bonds. The second-order valence-corrected chi connectivity index (χ2v) is 2.92. The Morgan fingerprint density at radius 1 is 1.53 bits per heavy atom. The van der Waals surface area contributed by atoms with Gasteiger partial charge in [-0.2, -0.15) is 0 Å². The van der Waals surface area contributed by atoms with Crippen LogP contribution >= 0.6 is 0 Å². The molecule has 0 aliphatic rings. The molecule has 5 nitrogen and oxygen atoms in total. The first-order chi connectivity index (χ1) is 7.17. The van der Waals surface area contributed by atoms with Crippen LogP contribution in [0.4, 0.5) is 5.69 Å². The molecule has 0 aliphatic heterocycles. The number of ether oxygens (including phenoxy) is 1. The highest BCUT2D eigenvalue weighted by Crippen LogP contribution is 2.25. The summed E-state index contributed by atoms with van der Waals surface area (Å²) in [6.07, 6.45) is 0. The Labute approximate surface area is 87.3 Å². The minimum atomic E-state index is -1.04. The van der Waals surface area contributed by atoms with Crippen molar-refractivity contribution in [2.45, 2.75) is 6.61 Å². The topological polar surface area (TPSA) is 78.8 Å². The molecule has 15 heavy (non-hydrogen) atoms. The Bertz CT molecular complexity index is 351. The first-order valence-corrected chi connectivity index (χ1v) is 4.43. The zero-order valence-electron chi connectivity index (χ0n) is 8.36. The summed E-state index contributed by atoms with van der Waals surface area (Å²) in [6.45, 7) is -0.503. The monoisotopic (exact) mass is 211 g/mol. The number of carbonyl (C=O) groups is 1. The van der Waals surface area contributed by atoms with Crippen molar-refractivity contribution in [3.05, 3.63) is 23.8 Å². The number of aliphatic hydroxyl groups is 1. The average Bonchev–Trinajstić information content (AvgIpc) is 2.25. The summed E-state index contributed by atoms with van der Waals surface area (Å²) in [5.74, 6) is -0.613. The highest BCUT2D eigenvalue weighted by atomic mass is 16.5. The van der Waals surface area contributed by atoms with Crippen molar-refractivity contribution in [3.63, 3.8) is 0 Å². The van der Waals surface area contributed by atoms with Gasteiger partial charge in [0.1, 0.15) is 5.75 Å². The molecule has 0 radical (unpaired) electrons. The third-order valence-corrected chi connectivity index (χ3v) is 1.85. The zero-order chi connectivity index (χ0) is 11.3. The third-order valence-electron chi connectivity index (χ3n) is 1.85. The van der Waals surface area contributed by atoms with Gasteiger partial charge in [-0.3, -0.25) is 0 Å². The molecule has 0 unspecified atom stereocenters. The molecule has 0 heterocycles. The molecule has 0 fully saturated rings. The first-order valence-electron chi connectivity index (χ1n) is 4.43. The van der Waals surface area contributed by atoms with E-state index in [1.807, 2.05) is 0 Å². The molecule has 1 rings (SSSR count). The van der Waals surface area contributed by atoms with Crippen LogP contribution in [0.1, 0.15) is 5.56 Å². The number of hydrogen-bond acceptors (Lipinski definition) is 4. The molecule has 5 heteroatoms. The molecule has 0 bridgehead atoms. The second kappa shape index (κ2) is 5.21. The maximum atomic E-state index is 10.3. The van der Waals surface area contributed by atoms with Crippen molar-refractivity contribution in [1.82, 2.24) is 0 Å². The summed E-state index contributed by atoms with van der Waals surface area (Å²) in [5, 5.41) is 20.3. The van der Waals surface area contributed by atoms with E-state index in [0.29, 0.717) is 17.0 Å². The largest absolute Gasteiger partial charge is 0.480 e. The Kier molecular flexibility index (Phi) is 3.93. The number of hydrogen-bond donors (Lipinski definition) is 3. The molecular weight excluding hydrogens is 198 g/mol. The van der Waals surface area contributed by atoms with E-state index in [1.54, 1.807) is 25.2 Å². The first kappa shape index (κ1) is 11.3. The van der Waals surface area contributed by atoms with Crippen molar-refractivity contribution >= 4 is 11.7 Å². The lowest BCUT2D eigenvalue weighted by atomic mass is 10.2. The molecule has 0 aliphatic carbocycles. The Hall–Kier alpha value is -1.75. The van der Waals surface area contributed by atoms with Crippen LogP contribution in [0.15, 0.2) is 18.2 Å². The highest BCUT2D eigenvalue weighted by molar-refractivity contribution is 5.69. The van der Waals surface area contributed by atoms with Crippen molar-refractivity contribution in [2.75, 3.05) is 19.0 Å². The van der Waals surface area contributed by atoms with Gasteiger partial charge in [-0.15, -0.1) is 0 Å². The van der Waals surface area contributed by atoms with Crippen LogP contribution in [-0.4, -0.2) is 29.8 Å². The summed E-state index contributed by atoms with van der Waals surface area (Å²) >= 11 is 0. The van der Waals surface area contributed by atoms with Crippen LogP contribution in [0.5, 0.6) is 5.75 Å². The van der Waals surface area contributed by atoms with Gasteiger partial charge >= 0.3 is 5.97 Å². The average molecular weight is 211 g/mol. The van der Waals surface area contributed by atoms with Crippen molar-refractivity contribution < 1.29 is 19.7 Å². The number of carboxylic acids is 1. The standard InChI is InChI=1S/C10H13NO4/c1-11-8-3-2-7(5-12)4-9(8)15-6-10(13)14/h2-4,11-12H,5-6H2,1H3,(H,13,14). The summed E-state index contributed by atoms with van der Waals surface area (Å²) < 4.78 is 5.06. The van der Waals surface area contributed by atoms with E-state index >= 15 is 0 Å². The van der Waals surface area contributed by atoms with E-state index in [-0.39, 0.29) is 6.61 Å². The van der Waals surface area contributed by atoms with Gasteiger partial charge in [-0.05, 0) is 17.7 Å². The molecule has 82 valence electrons. The normalized spacial score (nSPS) is 9.73. The number of anilines is 1. The predicted molar refractivity (Wildman–Crippen MR) is 55.0 cm³/mol. The van der Waals surface area contributed by atoms with E-state index in [1.165, 1.54) is 0 Å². The maximum absolute atomic E-state index is 10.3. The lowest BCUT2D eigenvalue weighted by Crippen LogP contribution is -2.10. The number of nitrogens with one attached hydrogen (secondary N) is 1. The molecule has 0 spiro atoms. The van der Waals surface area contributed by atoms with Gasteiger partial charge in [-0.1, -0.05) is 6.07 Å². The summed E-state index contributed by atoms with van der Waals surface area (Å²) in [5.41, 5.74) is 1.36. The summed E-state index contributed by atoms with van der Waals surface area (Å²) in [7, 11) is 1.71. The lowest BCUT2D eigenvalue weighted by molar-refractivity contribution is -0.139. The Morgan fingerprint density at radius 3 is 2.80 bits per heavy atom. The number of rotatable bonds is 5. The number of aliphatic carboxylic acids is 1. The molecular formula is C10H13NO4. The number of carboxylic acid groups (broad SMARTS) is 1. The smallest absolute Gasteiger partial charge is 0.341 e. The lowest BCUT2D eigenvalue weighted by Gasteiger charge is -2.10. The quantitative estimate of drug-likeness (QED) is 0.667. The fourth-order valence-electron chi connectivity index (χ4n) is 1.13. The maximum Gasteiger partial charge on any atom is 0.341 e. The zero-order valence-corrected chi connectivity index (χ0v) is 8.36. The van der Waals surface area contributed by atoms with Crippen molar-refractivity contribution in [1.29, 1.82) is 0 Å². The van der Waals surface area contributed by atoms with Gasteiger partial charge in [0.25, 0.3) is 0 Å². The third kappa shape index (κ3) is 3.14. The van der Waals surface area contributed by atoms with Gasteiger partial charge in [0.15, 0.2) is 6.61 Å². The number of benzene rings is 1. The van der Waals surface area contributed by atoms with E-state index in [9.17, 15) is 4.79 Å². The van der Waals surface area contributed by atoms with E-state index in [0.717, 1.165) is 0 Å². The van der Waals surface area contributed by atoms with Crippen LogP contribution in [0.2, 0.25) is 0 Å². The summed E-state index contributed by atoms with van der Waals surface area (Å²) in [4.78, 5) is 10.3. The van der Waals surface area contributed by atoms with Crippen LogP contribution in [0.25, 0.3) is 0 Å². The predicted octanol–water partition coefficient (Wildman–Crippen LogP) is 0.684. The molecule has 1 aromatic carbocycles. The highest BCUT2D eigenvalue weighted by Gasteiger charge is 2.05. The van der Waals surface area contributed by atoms with E-state index in [4.69, 9.17) is 14.9 Å². The molecule has 1 aromatic rings. The van der Waals surface area contributed by atoms with Crippen LogP contribution < -0.4 is 10.1 Å². The molecule has 0 atom stereocenters. The Balaban J connectivity index is 2.85. The molecule has 0 aromatic heterocycles. The fourth-order valence-corrected chi connectivity index (χ4v) is 1.13. The SMILES string of the molecule is CNc1ccc(CO)cc1OCC(=O)O. The molecule has 0 saturated heterocycles. The van der Waals surface area contributed by atoms with Crippen LogP contribution in [0.3, 0.4) is 0 Å². The molecule has 0 saturated carbocycles. The molecule has 3 N–H and O–H groups in total. The number of aliphatic hydroxyl groups excluding tert-OH is 1. The van der Waals surface area contributed by atoms with Crippen LogP contribution in [0, 0.1) is 0 Å². The second-order valence-electron chi connectivity index (χ2n) is 2.92. The fraction of sp³-hybridized carbons (Fsp3) is 0.300. The van der Waals surface area contributed by atoms with E-state index < -0.39 is 12.6 Å². The van der Waals surface area contributed by atoms with Gasteiger partial charge in [0.05, 0.1) is 12.3 Å². The Morgan fingerprint density at radius 2 is 2.27 bits per heavy atom. The van der Waals surface area contributed by atoms with E-state index in [2.05, 4.69) is 5.32 Å².